The summed E-state index contributed by atoms with van der Waals surface area (Å²) in [6.45, 7) is 2.21. The largest absolute Gasteiger partial charge is 0.422 e. The molecule has 3 aromatic rings. The molecule has 102 valence electrons. The molecule has 20 heavy (non-hydrogen) atoms. The van der Waals surface area contributed by atoms with Gasteiger partial charge >= 0.3 is 5.63 Å². The fourth-order valence-electron chi connectivity index (χ4n) is 2.78. The van der Waals surface area contributed by atoms with Crippen LogP contribution in [0.1, 0.15) is 31.7 Å². The van der Waals surface area contributed by atoms with Gasteiger partial charge in [-0.25, -0.2) is 4.79 Å². The van der Waals surface area contributed by atoms with E-state index in [0.717, 1.165) is 17.2 Å². The molecule has 0 aliphatic rings. The van der Waals surface area contributed by atoms with Gasteiger partial charge in [-0.1, -0.05) is 50.1 Å². The van der Waals surface area contributed by atoms with Crippen LogP contribution in [-0.2, 0) is 6.42 Å². The molecule has 2 nitrogen and oxygen atoms in total. The molecule has 1 aromatic heterocycles. The van der Waals surface area contributed by atoms with Crippen LogP contribution < -0.4 is 5.63 Å². The van der Waals surface area contributed by atoms with Crippen molar-refractivity contribution in [1.29, 1.82) is 0 Å². The quantitative estimate of drug-likeness (QED) is 0.390. The first kappa shape index (κ1) is 12.9. The zero-order valence-electron chi connectivity index (χ0n) is 11.7. The Labute approximate surface area is 118 Å². The van der Waals surface area contributed by atoms with Crippen LogP contribution in [0.25, 0.3) is 21.7 Å². The Bertz CT molecular complexity index is 799. The SMILES string of the molecule is CCCCCc1cccc2oc(=O)c3ccccc3c12. The highest BCUT2D eigenvalue weighted by molar-refractivity contribution is 6.05. The third-order valence-electron chi connectivity index (χ3n) is 3.78. The van der Waals surface area contributed by atoms with E-state index in [2.05, 4.69) is 13.0 Å². The van der Waals surface area contributed by atoms with Crippen molar-refractivity contribution >= 4 is 21.7 Å². The maximum atomic E-state index is 12.0. The fraction of sp³-hybridized carbons (Fsp3) is 0.278. The lowest BCUT2D eigenvalue weighted by atomic mass is 9.99. The minimum Gasteiger partial charge on any atom is -0.422 e. The van der Waals surface area contributed by atoms with Gasteiger partial charge < -0.3 is 4.42 Å². The number of hydrogen-bond acceptors (Lipinski definition) is 2. The van der Waals surface area contributed by atoms with Crippen molar-refractivity contribution in [2.75, 3.05) is 0 Å². The second-order valence-electron chi connectivity index (χ2n) is 5.18. The average molecular weight is 266 g/mol. The highest BCUT2D eigenvalue weighted by atomic mass is 16.4. The lowest BCUT2D eigenvalue weighted by molar-refractivity contribution is 0.569. The molecule has 0 saturated carbocycles. The maximum Gasteiger partial charge on any atom is 0.344 e. The summed E-state index contributed by atoms with van der Waals surface area (Å²) in [6, 6.07) is 13.7. The monoisotopic (exact) mass is 266 g/mol. The molecular weight excluding hydrogens is 248 g/mol. The van der Waals surface area contributed by atoms with Crippen molar-refractivity contribution < 1.29 is 4.42 Å². The first-order valence-electron chi connectivity index (χ1n) is 7.24. The van der Waals surface area contributed by atoms with Crippen LogP contribution in [0.2, 0.25) is 0 Å². The van der Waals surface area contributed by atoms with Gasteiger partial charge in [0.2, 0.25) is 0 Å². The zero-order valence-corrected chi connectivity index (χ0v) is 11.7. The van der Waals surface area contributed by atoms with E-state index in [9.17, 15) is 4.79 Å². The van der Waals surface area contributed by atoms with Crippen LogP contribution in [0.15, 0.2) is 51.7 Å². The van der Waals surface area contributed by atoms with E-state index >= 15 is 0 Å². The highest BCUT2D eigenvalue weighted by Crippen LogP contribution is 2.27. The number of rotatable bonds is 4. The van der Waals surface area contributed by atoms with E-state index in [1.165, 1.54) is 24.8 Å². The molecule has 0 N–H and O–H groups in total. The molecule has 0 amide bonds. The zero-order chi connectivity index (χ0) is 13.9. The van der Waals surface area contributed by atoms with E-state index in [4.69, 9.17) is 4.42 Å². The van der Waals surface area contributed by atoms with Gasteiger partial charge in [0.15, 0.2) is 0 Å². The van der Waals surface area contributed by atoms with Gasteiger partial charge in [-0.05, 0) is 30.5 Å². The van der Waals surface area contributed by atoms with Crippen molar-refractivity contribution in [3.8, 4) is 0 Å². The summed E-state index contributed by atoms with van der Waals surface area (Å²) < 4.78 is 5.47. The number of unbranched alkanes of at least 4 members (excludes halogenated alkanes) is 2. The molecule has 0 aliphatic heterocycles. The number of hydrogen-bond donors (Lipinski definition) is 0. The molecule has 0 aliphatic carbocycles. The molecule has 0 atom stereocenters. The molecule has 0 fully saturated rings. The lowest BCUT2D eigenvalue weighted by Crippen LogP contribution is -2.01. The van der Waals surface area contributed by atoms with Crippen LogP contribution in [-0.4, -0.2) is 0 Å². The first-order valence-corrected chi connectivity index (χ1v) is 7.24. The Kier molecular flexibility index (Phi) is 3.55. The van der Waals surface area contributed by atoms with Crippen molar-refractivity contribution in [2.45, 2.75) is 32.6 Å². The number of fused-ring (bicyclic) bond motifs is 3. The van der Waals surface area contributed by atoms with Crippen LogP contribution in [0, 0.1) is 0 Å². The first-order chi connectivity index (χ1) is 9.81. The fourth-order valence-corrected chi connectivity index (χ4v) is 2.78. The normalized spacial score (nSPS) is 11.2. The Morgan fingerprint density at radius 3 is 2.55 bits per heavy atom. The summed E-state index contributed by atoms with van der Waals surface area (Å²) in [5.74, 6) is 0. The van der Waals surface area contributed by atoms with Crippen LogP contribution in [0.4, 0.5) is 0 Å². The van der Waals surface area contributed by atoms with E-state index < -0.39 is 0 Å². The minimum absolute atomic E-state index is 0.251. The van der Waals surface area contributed by atoms with Crippen LogP contribution in [0.3, 0.4) is 0 Å². The smallest absolute Gasteiger partial charge is 0.344 e. The summed E-state index contributed by atoms with van der Waals surface area (Å²) in [7, 11) is 0. The topological polar surface area (TPSA) is 30.2 Å². The second-order valence-corrected chi connectivity index (χ2v) is 5.18. The van der Waals surface area contributed by atoms with E-state index in [0.29, 0.717) is 11.0 Å². The summed E-state index contributed by atoms with van der Waals surface area (Å²) in [5, 5.41) is 2.77. The predicted molar refractivity (Wildman–Crippen MR) is 83.2 cm³/mol. The van der Waals surface area contributed by atoms with E-state index in [-0.39, 0.29) is 5.63 Å². The molecule has 2 aromatic carbocycles. The number of benzene rings is 2. The van der Waals surface area contributed by atoms with Crippen LogP contribution >= 0.6 is 0 Å². The third kappa shape index (κ3) is 2.22. The van der Waals surface area contributed by atoms with Crippen molar-refractivity contribution in [1.82, 2.24) is 0 Å². The standard InChI is InChI=1S/C18H18O2/c1-2-3-4-8-13-9-7-12-16-17(13)14-10-5-6-11-15(14)18(19)20-16/h5-7,9-12H,2-4,8H2,1H3. The van der Waals surface area contributed by atoms with Crippen molar-refractivity contribution in [2.24, 2.45) is 0 Å². The van der Waals surface area contributed by atoms with E-state index in [1.54, 1.807) is 0 Å². The lowest BCUT2D eigenvalue weighted by Gasteiger charge is -2.08. The predicted octanol–water partition coefficient (Wildman–Crippen LogP) is 4.68. The molecule has 0 radical (unpaired) electrons. The van der Waals surface area contributed by atoms with Gasteiger partial charge in [0, 0.05) is 10.8 Å². The summed E-state index contributed by atoms with van der Waals surface area (Å²) in [4.78, 5) is 12.0. The highest BCUT2D eigenvalue weighted by Gasteiger charge is 2.10. The molecule has 0 unspecified atom stereocenters. The molecule has 1 heterocycles. The third-order valence-corrected chi connectivity index (χ3v) is 3.78. The molecule has 3 rings (SSSR count). The molecule has 0 bridgehead atoms. The maximum absolute atomic E-state index is 12.0. The number of aryl methyl sites for hydroxylation is 1. The Morgan fingerprint density at radius 2 is 1.75 bits per heavy atom. The van der Waals surface area contributed by atoms with Crippen molar-refractivity contribution in [3.05, 3.63) is 58.4 Å². The van der Waals surface area contributed by atoms with Gasteiger partial charge in [-0.15, -0.1) is 0 Å². The van der Waals surface area contributed by atoms with Gasteiger partial charge in [0.25, 0.3) is 0 Å². The summed E-state index contributed by atoms with van der Waals surface area (Å²) >= 11 is 0. The minimum atomic E-state index is -0.251. The molecular formula is C18H18O2. The van der Waals surface area contributed by atoms with Gasteiger partial charge in [0.05, 0.1) is 5.39 Å². The Hall–Kier alpha value is -2.09. The molecule has 2 heteroatoms. The molecule has 0 saturated heterocycles. The van der Waals surface area contributed by atoms with Gasteiger partial charge in [-0.3, -0.25) is 0 Å². The average Bonchev–Trinajstić information content (AvgIpc) is 2.48. The van der Waals surface area contributed by atoms with Gasteiger partial charge in [-0.2, -0.15) is 0 Å². The second kappa shape index (κ2) is 5.49. The van der Waals surface area contributed by atoms with Gasteiger partial charge in [0.1, 0.15) is 5.58 Å². The summed E-state index contributed by atoms with van der Waals surface area (Å²) in [5.41, 5.74) is 1.72. The van der Waals surface area contributed by atoms with Crippen LogP contribution in [0.5, 0.6) is 0 Å². The summed E-state index contributed by atoms with van der Waals surface area (Å²) in [6.07, 6.45) is 4.64. The Morgan fingerprint density at radius 1 is 0.950 bits per heavy atom. The van der Waals surface area contributed by atoms with Crippen molar-refractivity contribution in [3.63, 3.8) is 0 Å². The molecule has 0 spiro atoms. The van der Waals surface area contributed by atoms with E-state index in [1.807, 2.05) is 36.4 Å². The Balaban J connectivity index is 2.26.